The number of ether oxygens (including phenoxy) is 1. The minimum atomic E-state index is -0.0863. The van der Waals surface area contributed by atoms with E-state index in [-0.39, 0.29) is 17.9 Å². The maximum absolute atomic E-state index is 9.01. The molecule has 5 heteroatoms. The van der Waals surface area contributed by atoms with Crippen molar-refractivity contribution in [1.29, 1.82) is 0 Å². The lowest BCUT2D eigenvalue weighted by Gasteiger charge is -2.34. The highest BCUT2D eigenvalue weighted by atomic mass is 16.5. The molecule has 1 aliphatic rings. The van der Waals surface area contributed by atoms with Crippen molar-refractivity contribution in [2.75, 3.05) is 26.2 Å². The zero-order valence-electron chi connectivity index (χ0n) is 11.9. The van der Waals surface area contributed by atoms with Crippen LogP contribution in [0.15, 0.2) is 35.5 Å². The van der Waals surface area contributed by atoms with E-state index in [9.17, 15) is 0 Å². The number of hydrogen-bond acceptors (Lipinski definition) is 4. The summed E-state index contributed by atoms with van der Waals surface area (Å²) in [7, 11) is 0. The molecule has 5 nitrogen and oxygen atoms in total. The molecule has 0 bridgehead atoms. The number of hydrogen-bond donors (Lipinski definition) is 2. The minimum absolute atomic E-state index is 0.0863. The van der Waals surface area contributed by atoms with Gasteiger partial charge in [-0.15, -0.1) is 0 Å². The first-order valence-electron chi connectivity index (χ1n) is 7.11. The number of morpholine rings is 1. The standard InChI is InChI=1S/C15H23N3O2/c1-2-13-10-18(8-9-20-13)11-14(15(16)17-19)12-6-4-3-5-7-12/h3-7,13-14,19H,2,8-11H2,1H3,(H2,16,17). The average Bonchev–Trinajstić information content (AvgIpc) is 2.53. The van der Waals surface area contributed by atoms with Gasteiger partial charge in [-0.05, 0) is 12.0 Å². The van der Waals surface area contributed by atoms with Crippen molar-refractivity contribution in [1.82, 2.24) is 4.90 Å². The van der Waals surface area contributed by atoms with Crippen LogP contribution in [-0.4, -0.2) is 48.3 Å². The Hall–Kier alpha value is -1.59. The van der Waals surface area contributed by atoms with Gasteiger partial charge in [0.25, 0.3) is 0 Å². The summed E-state index contributed by atoms with van der Waals surface area (Å²) in [6.07, 6.45) is 1.29. The SMILES string of the molecule is CCC1CN(CC(C(N)=NO)c2ccccc2)CCO1. The van der Waals surface area contributed by atoms with Gasteiger partial charge in [0.1, 0.15) is 5.84 Å². The molecular formula is C15H23N3O2. The summed E-state index contributed by atoms with van der Waals surface area (Å²) in [5, 5.41) is 12.2. The van der Waals surface area contributed by atoms with Gasteiger partial charge in [-0.1, -0.05) is 42.4 Å². The summed E-state index contributed by atoms with van der Waals surface area (Å²) >= 11 is 0. The summed E-state index contributed by atoms with van der Waals surface area (Å²) in [5.41, 5.74) is 6.95. The van der Waals surface area contributed by atoms with Gasteiger partial charge in [0.05, 0.1) is 18.6 Å². The van der Waals surface area contributed by atoms with E-state index in [1.54, 1.807) is 0 Å². The molecule has 110 valence electrons. The number of benzene rings is 1. The molecule has 1 heterocycles. The van der Waals surface area contributed by atoms with Crippen molar-refractivity contribution in [3.05, 3.63) is 35.9 Å². The van der Waals surface area contributed by atoms with E-state index in [2.05, 4.69) is 17.0 Å². The molecule has 0 radical (unpaired) electrons. The maximum Gasteiger partial charge on any atom is 0.147 e. The molecule has 0 spiro atoms. The normalized spacial score (nSPS) is 22.6. The highest BCUT2D eigenvalue weighted by Crippen LogP contribution is 2.19. The van der Waals surface area contributed by atoms with Crippen LogP contribution in [0.5, 0.6) is 0 Å². The molecule has 0 aliphatic carbocycles. The molecule has 2 atom stereocenters. The Labute approximate surface area is 120 Å². The summed E-state index contributed by atoms with van der Waals surface area (Å²) in [6, 6.07) is 9.94. The highest BCUT2D eigenvalue weighted by molar-refractivity contribution is 5.87. The van der Waals surface area contributed by atoms with E-state index in [1.807, 2.05) is 30.3 Å². The van der Waals surface area contributed by atoms with Crippen LogP contribution in [0.1, 0.15) is 24.8 Å². The van der Waals surface area contributed by atoms with Crippen molar-refractivity contribution in [3.63, 3.8) is 0 Å². The topological polar surface area (TPSA) is 71.1 Å². The summed E-state index contributed by atoms with van der Waals surface area (Å²) in [4.78, 5) is 2.33. The van der Waals surface area contributed by atoms with E-state index in [0.29, 0.717) is 0 Å². The number of amidine groups is 1. The molecule has 2 rings (SSSR count). The Balaban J connectivity index is 2.09. The molecule has 1 fully saturated rings. The molecule has 1 saturated heterocycles. The third kappa shape index (κ3) is 3.71. The molecule has 1 aliphatic heterocycles. The van der Waals surface area contributed by atoms with Crippen LogP contribution >= 0.6 is 0 Å². The predicted octanol–water partition coefficient (Wildman–Crippen LogP) is 1.63. The van der Waals surface area contributed by atoms with E-state index in [4.69, 9.17) is 15.7 Å². The van der Waals surface area contributed by atoms with Crippen LogP contribution in [-0.2, 0) is 4.74 Å². The number of nitrogens with zero attached hydrogens (tertiary/aromatic N) is 2. The van der Waals surface area contributed by atoms with Gasteiger partial charge >= 0.3 is 0 Å². The fourth-order valence-corrected chi connectivity index (χ4v) is 2.58. The third-order valence-electron chi connectivity index (χ3n) is 3.79. The number of oxime groups is 1. The second-order valence-corrected chi connectivity index (χ2v) is 5.15. The first-order chi connectivity index (χ1) is 9.74. The average molecular weight is 277 g/mol. The first-order valence-corrected chi connectivity index (χ1v) is 7.11. The van der Waals surface area contributed by atoms with Gasteiger partial charge in [0.15, 0.2) is 0 Å². The van der Waals surface area contributed by atoms with Crippen LogP contribution in [0.25, 0.3) is 0 Å². The maximum atomic E-state index is 9.01. The minimum Gasteiger partial charge on any atom is -0.409 e. The van der Waals surface area contributed by atoms with Gasteiger partial charge in [0, 0.05) is 19.6 Å². The van der Waals surface area contributed by atoms with Crippen LogP contribution in [0.4, 0.5) is 0 Å². The first kappa shape index (κ1) is 14.8. The smallest absolute Gasteiger partial charge is 0.147 e. The molecule has 1 aromatic carbocycles. The number of rotatable bonds is 5. The van der Waals surface area contributed by atoms with E-state index < -0.39 is 0 Å². The van der Waals surface area contributed by atoms with Gasteiger partial charge in [-0.2, -0.15) is 0 Å². The second-order valence-electron chi connectivity index (χ2n) is 5.15. The van der Waals surface area contributed by atoms with Crippen molar-refractivity contribution in [2.24, 2.45) is 10.9 Å². The lowest BCUT2D eigenvalue weighted by atomic mass is 9.97. The fraction of sp³-hybridized carbons (Fsp3) is 0.533. The zero-order chi connectivity index (χ0) is 14.4. The summed E-state index contributed by atoms with van der Waals surface area (Å²) in [5.74, 6) is 0.174. The molecule has 1 aromatic rings. The van der Waals surface area contributed by atoms with Crippen LogP contribution in [0, 0.1) is 0 Å². The van der Waals surface area contributed by atoms with Gasteiger partial charge in [-0.3, -0.25) is 4.90 Å². The zero-order valence-corrected chi connectivity index (χ0v) is 11.9. The van der Waals surface area contributed by atoms with Gasteiger partial charge in [0.2, 0.25) is 0 Å². The van der Waals surface area contributed by atoms with Crippen molar-refractivity contribution in [3.8, 4) is 0 Å². The third-order valence-corrected chi connectivity index (χ3v) is 3.79. The summed E-state index contributed by atoms with van der Waals surface area (Å²) < 4.78 is 5.68. The Bertz CT molecular complexity index is 436. The lowest BCUT2D eigenvalue weighted by molar-refractivity contribution is -0.0299. The van der Waals surface area contributed by atoms with E-state index >= 15 is 0 Å². The van der Waals surface area contributed by atoms with Gasteiger partial charge < -0.3 is 15.7 Å². The second kappa shape index (κ2) is 7.26. The molecule has 3 N–H and O–H groups in total. The Kier molecular flexibility index (Phi) is 5.38. The van der Waals surface area contributed by atoms with Crippen molar-refractivity contribution in [2.45, 2.75) is 25.4 Å². The predicted molar refractivity (Wildman–Crippen MR) is 79.1 cm³/mol. The molecule has 2 unspecified atom stereocenters. The fourth-order valence-electron chi connectivity index (χ4n) is 2.58. The largest absolute Gasteiger partial charge is 0.409 e. The summed E-state index contributed by atoms with van der Waals surface area (Å²) in [6.45, 7) is 5.42. The van der Waals surface area contributed by atoms with Crippen LogP contribution < -0.4 is 5.73 Å². The van der Waals surface area contributed by atoms with Crippen LogP contribution in [0.2, 0.25) is 0 Å². The lowest BCUT2D eigenvalue weighted by Crippen LogP contribution is -2.45. The van der Waals surface area contributed by atoms with Gasteiger partial charge in [-0.25, -0.2) is 0 Å². The van der Waals surface area contributed by atoms with Crippen molar-refractivity contribution >= 4 is 5.84 Å². The molecule has 0 amide bonds. The monoisotopic (exact) mass is 277 g/mol. The Morgan fingerprint density at radius 1 is 1.50 bits per heavy atom. The number of nitrogens with two attached hydrogens (primary N) is 1. The quantitative estimate of drug-likeness (QED) is 0.371. The van der Waals surface area contributed by atoms with Crippen LogP contribution in [0.3, 0.4) is 0 Å². The highest BCUT2D eigenvalue weighted by Gasteiger charge is 2.24. The Morgan fingerprint density at radius 3 is 2.90 bits per heavy atom. The Morgan fingerprint density at radius 2 is 2.25 bits per heavy atom. The van der Waals surface area contributed by atoms with Crippen molar-refractivity contribution < 1.29 is 9.94 Å². The molecule has 20 heavy (non-hydrogen) atoms. The van der Waals surface area contributed by atoms with E-state index in [1.165, 1.54) is 0 Å². The molecule has 0 saturated carbocycles. The molecular weight excluding hydrogens is 254 g/mol. The van der Waals surface area contributed by atoms with E-state index in [0.717, 1.165) is 38.2 Å². The molecule has 0 aromatic heterocycles.